The van der Waals surface area contributed by atoms with Crippen molar-refractivity contribution in [2.45, 2.75) is 33.2 Å². The highest BCUT2D eigenvalue weighted by Crippen LogP contribution is 2.16. The number of guanidine groups is 1. The number of rotatable bonds is 8. The number of hydrogen-bond acceptors (Lipinski definition) is 3. The summed E-state index contributed by atoms with van der Waals surface area (Å²) in [7, 11) is 0. The second-order valence-corrected chi connectivity index (χ2v) is 7.52. The Morgan fingerprint density at radius 2 is 1.89 bits per heavy atom. The van der Waals surface area contributed by atoms with Crippen LogP contribution in [0.25, 0.3) is 0 Å². The fourth-order valence-corrected chi connectivity index (χ4v) is 3.55. The van der Waals surface area contributed by atoms with E-state index < -0.39 is 0 Å². The number of amides is 1. The fourth-order valence-electron chi connectivity index (χ4n) is 2.53. The summed E-state index contributed by atoms with van der Waals surface area (Å²) in [5.74, 6) is 0.711. The van der Waals surface area contributed by atoms with E-state index in [4.69, 9.17) is 0 Å². The van der Waals surface area contributed by atoms with Crippen LogP contribution in [0.15, 0.2) is 47.5 Å². The van der Waals surface area contributed by atoms with Crippen molar-refractivity contribution in [3.05, 3.63) is 57.8 Å². The third kappa shape index (κ3) is 8.75. The summed E-state index contributed by atoms with van der Waals surface area (Å²) >= 11 is 1.83. The Morgan fingerprint density at radius 3 is 2.52 bits per heavy atom. The summed E-state index contributed by atoms with van der Waals surface area (Å²) in [5, 5.41) is 9.57. The number of carbonyl (C=O) groups is 1. The Kier molecular flexibility index (Phi) is 11.0. The quantitative estimate of drug-likeness (QED) is 0.225. The van der Waals surface area contributed by atoms with Crippen molar-refractivity contribution in [3.8, 4) is 0 Å². The highest BCUT2D eigenvalue weighted by molar-refractivity contribution is 14.0. The molecule has 1 atom stereocenters. The summed E-state index contributed by atoms with van der Waals surface area (Å²) in [6, 6.07) is 13.8. The van der Waals surface area contributed by atoms with Crippen molar-refractivity contribution in [3.63, 3.8) is 0 Å². The minimum Gasteiger partial charge on any atom is -0.357 e. The number of carbonyl (C=O) groups excluding carboxylic acids is 1. The van der Waals surface area contributed by atoms with Crippen molar-refractivity contribution in [1.82, 2.24) is 16.0 Å². The molecule has 0 saturated carbocycles. The summed E-state index contributed by atoms with van der Waals surface area (Å²) in [6.07, 6.45) is 0.966. The first-order chi connectivity index (χ1) is 12.6. The van der Waals surface area contributed by atoms with Crippen molar-refractivity contribution in [1.29, 1.82) is 0 Å². The molecule has 2 aromatic rings. The average Bonchev–Trinajstić information content (AvgIpc) is 3.04. The lowest BCUT2D eigenvalue weighted by Gasteiger charge is -2.17. The third-order valence-electron chi connectivity index (χ3n) is 3.73. The van der Waals surface area contributed by atoms with Gasteiger partial charge in [-0.05, 0) is 45.0 Å². The molecular weight excluding hydrogens is 471 g/mol. The number of nitrogens with one attached hydrogen (secondary N) is 3. The van der Waals surface area contributed by atoms with E-state index in [1.54, 1.807) is 12.1 Å². The Bertz CT molecular complexity index is 718. The zero-order valence-corrected chi connectivity index (χ0v) is 19.3. The molecule has 148 valence electrons. The van der Waals surface area contributed by atoms with Gasteiger partial charge in [-0.25, -0.2) is 0 Å². The number of halogens is 1. The predicted molar refractivity (Wildman–Crippen MR) is 126 cm³/mol. The van der Waals surface area contributed by atoms with E-state index in [1.807, 2.05) is 36.5 Å². The summed E-state index contributed by atoms with van der Waals surface area (Å²) in [5.41, 5.74) is 0.668. The van der Waals surface area contributed by atoms with Gasteiger partial charge in [0.15, 0.2) is 5.96 Å². The fraction of sp³-hybridized carbons (Fsp3) is 0.400. The van der Waals surface area contributed by atoms with Crippen LogP contribution < -0.4 is 16.0 Å². The van der Waals surface area contributed by atoms with Gasteiger partial charge in [0, 0.05) is 40.9 Å². The number of aliphatic imine (C=N–C) groups is 1. The predicted octanol–water partition coefficient (Wildman–Crippen LogP) is 3.59. The molecule has 0 aliphatic carbocycles. The van der Waals surface area contributed by atoms with Crippen molar-refractivity contribution < 1.29 is 4.79 Å². The van der Waals surface area contributed by atoms with Crippen LogP contribution in [0, 0.1) is 6.92 Å². The lowest BCUT2D eigenvalue weighted by atomic mass is 10.2. The van der Waals surface area contributed by atoms with Gasteiger partial charge in [-0.1, -0.05) is 18.2 Å². The molecule has 0 bridgehead atoms. The van der Waals surface area contributed by atoms with Crippen LogP contribution in [0.3, 0.4) is 0 Å². The second-order valence-electron chi connectivity index (χ2n) is 6.14. The van der Waals surface area contributed by atoms with Crippen LogP contribution in [0.1, 0.15) is 34.0 Å². The Morgan fingerprint density at radius 1 is 1.15 bits per heavy atom. The van der Waals surface area contributed by atoms with E-state index >= 15 is 0 Å². The molecule has 0 aliphatic rings. The van der Waals surface area contributed by atoms with E-state index in [1.165, 1.54) is 9.75 Å². The molecule has 5 nitrogen and oxygen atoms in total. The molecule has 0 saturated heterocycles. The molecule has 1 amide bonds. The van der Waals surface area contributed by atoms with Crippen molar-refractivity contribution >= 4 is 47.2 Å². The van der Waals surface area contributed by atoms with Gasteiger partial charge in [-0.3, -0.25) is 9.79 Å². The lowest BCUT2D eigenvalue weighted by molar-refractivity contribution is 0.0955. The monoisotopic (exact) mass is 500 g/mol. The van der Waals surface area contributed by atoms with Gasteiger partial charge in [0.1, 0.15) is 0 Å². The largest absolute Gasteiger partial charge is 0.357 e. The molecule has 0 spiro atoms. The van der Waals surface area contributed by atoms with E-state index in [0.717, 1.165) is 18.9 Å². The van der Waals surface area contributed by atoms with Crippen LogP contribution in [0.2, 0.25) is 0 Å². The molecule has 0 fully saturated rings. The lowest BCUT2D eigenvalue weighted by Crippen LogP contribution is -2.43. The maximum Gasteiger partial charge on any atom is 0.251 e. The zero-order valence-electron chi connectivity index (χ0n) is 16.1. The molecule has 0 aliphatic heterocycles. The summed E-state index contributed by atoms with van der Waals surface area (Å²) in [4.78, 5) is 19.3. The van der Waals surface area contributed by atoms with Crippen LogP contribution >= 0.6 is 35.3 Å². The SMILES string of the molecule is CCNC(=NCCNC(=O)c1ccccc1)NC(C)Cc1ccc(C)s1.I. The molecule has 1 unspecified atom stereocenters. The van der Waals surface area contributed by atoms with E-state index in [0.29, 0.717) is 18.7 Å². The van der Waals surface area contributed by atoms with Gasteiger partial charge in [0.05, 0.1) is 6.54 Å². The van der Waals surface area contributed by atoms with E-state index in [9.17, 15) is 4.79 Å². The summed E-state index contributed by atoms with van der Waals surface area (Å²) in [6.45, 7) is 8.15. The Hall–Kier alpha value is -1.61. The van der Waals surface area contributed by atoms with Crippen LogP contribution in [0.4, 0.5) is 0 Å². The number of thiophene rings is 1. The van der Waals surface area contributed by atoms with Gasteiger partial charge in [-0.2, -0.15) is 0 Å². The first kappa shape index (κ1) is 23.4. The molecule has 2 rings (SSSR count). The minimum absolute atomic E-state index is 0. The van der Waals surface area contributed by atoms with Gasteiger partial charge in [-0.15, -0.1) is 35.3 Å². The van der Waals surface area contributed by atoms with Crippen LogP contribution in [-0.4, -0.2) is 37.5 Å². The normalized spacial score (nSPS) is 12.0. The van der Waals surface area contributed by atoms with E-state index in [2.05, 4.69) is 46.9 Å². The molecule has 7 heteroatoms. The molecule has 1 aromatic carbocycles. The highest BCUT2D eigenvalue weighted by Gasteiger charge is 2.08. The topological polar surface area (TPSA) is 65.5 Å². The second kappa shape index (κ2) is 12.7. The minimum atomic E-state index is -0.0693. The standard InChI is InChI=1S/C20H28N4OS.HI/c1-4-21-20(24-15(2)14-18-11-10-16(3)26-18)23-13-12-22-19(25)17-8-6-5-7-9-17;/h5-11,15H,4,12-14H2,1-3H3,(H,22,25)(H2,21,23,24);1H. The molecule has 1 aromatic heterocycles. The van der Waals surface area contributed by atoms with Gasteiger partial charge in [0.2, 0.25) is 0 Å². The molecule has 3 N–H and O–H groups in total. The van der Waals surface area contributed by atoms with Gasteiger partial charge in [0.25, 0.3) is 5.91 Å². The summed E-state index contributed by atoms with van der Waals surface area (Å²) < 4.78 is 0. The number of hydrogen-bond donors (Lipinski definition) is 3. The molecular formula is C20H29IN4OS. The van der Waals surface area contributed by atoms with E-state index in [-0.39, 0.29) is 35.9 Å². The van der Waals surface area contributed by atoms with Crippen LogP contribution in [0.5, 0.6) is 0 Å². The van der Waals surface area contributed by atoms with Crippen molar-refractivity contribution in [2.75, 3.05) is 19.6 Å². The number of benzene rings is 1. The van der Waals surface area contributed by atoms with Crippen molar-refractivity contribution in [2.24, 2.45) is 4.99 Å². The highest BCUT2D eigenvalue weighted by atomic mass is 127. The molecule has 27 heavy (non-hydrogen) atoms. The first-order valence-electron chi connectivity index (χ1n) is 9.02. The first-order valence-corrected chi connectivity index (χ1v) is 9.83. The number of nitrogens with zero attached hydrogens (tertiary/aromatic N) is 1. The zero-order chi connectivity index (χ0) is 18.8. The van der Waals surface area contributed by atoms with Crippen LogP contribution in [-0.2, 0) is 6.42 Å². The maximum atomic E-state index is 12.0. The third-order valence-corrected chi connectivity index (χ3v) is 4.76. The number of aryl methyl sites for hydroxylation is 1. The smallest absolute Gasteiger partial charge is 0.251 e. The Balaban J connectivity index is 0.00000364. The average molecular weight is 500 g/mol. The van der Waals surface area contributed by atoms with Gasteiger partial charge < -0.3 is 16.0 Å². The molecule has 1 heterocycles. The Labute approximate surface area is 183 Å². The maximum absolute atomic E-state index is 12.0. The molecule has 0 radical (unpaired) electrons. The van der Waals surface area contributed by atoms with Gasteiger partial charge >= 0.3 is 0 Å².